The second-order valence-electron chi connectivity index (χ2n) is 5.85. The minimum atomic E-state index is -1.07. The number of carboxylic acid groups (broad SMARTS) is 1. The molecule has 0 atom stereocenters. The number of nitrogens with one attached hydrogen (secondary N) is 1. The van der Waals surface area contributed by atoms with Gasteiger partial charge in [0.2, 0.25) is 0 Å². The molecule has 0 radical (unpaired) electrons. The first-order valence-electron chi connectivity index (χ1n) is 6.76. The molecule has 2 N–H and O–H groups in total. The third kappa shape index (κ3) is 3.91. The highest BCUT2D eigenvalue weighted by Gasteiger charge is 2.20. The SMILES string of the molecule is CC(C)(C)c1nc(C(=O)NCCn2cnc(C(=O)O)c2)cs1. The van der Waals surface area contributed by atoms with Crippen LogP contribution in [0, 0.1) is 0 Å². The number of carbonyl (C=O) groups excluding carboxylic acids is 1. The minimum absolute atomic E-state index is 0.0133. The maximum Gasteiger partial charge on any atom is 0.356 e. The number of nitrogens with zero attached hydrogens (tertiary/aromatic N) is 3. The Bertz CT molecular complexity index is 684. The van der Waals surface area contributed by atoms with Crippen LogP contribution >= 0.6 is 11.3 Å². The number of thiazole rings is 1. The highest BCUT2D eigenvalue weighted by molar-refractivity contribution is 7.10. The number of aromatic nitrogens is 3. The Morgan fingerprint density at radius 1 is 1.36 bits per heavy atom. The van der Waals surface area contributed by atoms with Gasteiger partial charge in [-0.2, -0.15) is 0 Å². The van der Waals surface area contributed by atoms with Crippen molar-refractivity contribution in [1.29, 1.82) is 0 Å². The van der Waals surface area contributed by atoms with Gasteiger partial charge in [0, 0.05) is 30.1 Å². The molecule has 0 saturated heterocycles. The third-order valence-electron chi connectivity index (χ3n) is 2.89. The molecule has 0 bridgehead atoms. The van der Waals surface area contributed by atoms with E-state index in [9.17, 15) is 9.59 Å². The molecule has 2 aromatic heterocycles. The predicted octanol–water partition coefficient (Wildman–Crippen LogP) is 1.77. The molecule has 1 amide bonds. The van der Waals surface area contributed by atoms with Crippen molar-refractivity contribution >= 4 is 23.2 Å². The van der Waals surface area contributed by atoms with E-state index in [1.807, 2.05) is 20.8 Å². The maximum atomic E-state index is 12.0. The van der Waals surface area contributed by atoms with E-state index in [0.29, 0.717) is 18.8 Å². The first-order valence-corrected chi connectivity index (χ1v) is 7.64. The van der Waals surface area contributed by atoms with Crippen LogP contribution in [-0.4, -0.2) is 38.1 Å². The number of hydrogen-bond acceptors (Lipinski definition) is 5. The Labute approximate surface area is 132 Å². The summed E-state index contributed by atoms with van der Waals surface area (Å²) >= 11 is 1.47. The molecule has 0 aromatic carbocycles. The maximum absolute atomic E-state index is 12.0. The smallest absolute Gasteiger partial charge is 0.356 e. The highest BCUT2D eigenvalue weighted by atomic mass is 32.1. The summed E-state index contributed by atoms with van der Waals surface area (Å²) in [5, 5.41) is 14.2. The van der Waals surface area contributed by atoms with Gasteiger partial charge in [-0.1, -0.05) is 20.8 Å². The van der Waals surface area contributed by atoms with E-state index in [-0.39, 0.29) is 17.0 Å². The first-order chi connectivity index (χ1) is 10.3. The van der Waals surface area contributed by atoms with Gasteiger partial charge in [0.05, 0.1) is 11.3 Å². The van der Waals surface area contributed by atoms with E-state index < -0.39 is 5.97 Å². The van der Waals surface area contributed by atoms with Gasteiger partial charge in [-0.15, -0.1) is 11.3 Å². The average molecular weight is 322 g/mol. The summed E-state index contributed by atoms with van der Waals surface area (Å²) < 4.78 is 1.62. The van der Waals surface area contributed by atoms with Crippen LogP contribution in [-0.2, 0) is 12.0 Å². The lowest BCUT2D eigenvalue weighted by Crippen LogP contribution is -2.27. The summed E-state index contributed by atoms with van der Waals surface area (Å²) in [6.07, 6.45) is 2.85. The Balaban J connectivity index is 1.87. The Morgan fingerprint density at radius 2 is 2.09 bits per heavy atom. The molecule has 2 aromatic rings. The van der Waals surface area contributed by atoms with Crippen molar-refractivity contribution in [3.8, 4) is 0 Å². The number of rotatable bonds is 5. The van der Waals surface area contributed by atoms with E-state index in [0.717, 1.165) is 5.01 Å². The monoisotopic (exact) mass is 322 g/mol. The van der Waals surface area contributed by atoms with Crippen molar-refractivity contribution in [2.75, 3.05) is 6.54 Å². The highest BCUT2D eigenvalue weighted by Crippen LogP contribution is 2.25. The van der Waals surface area contributed by atoms with Crippen molar-refractivity contribution in [2.45, 2.75) is 32.7 Å². The Hall–Kier alpha value is -2.22. The molecule has 0 aliphatic carbocycles. The second-order valence-corrected chi connectivity index (χ2v) is 6.70. The van der Waals surface area contributed by atoms with Gasteiger partial charge in [0.1, 0.15) is 5.69 Å². The van der Waals surface area contributed by atoms with Gasteiger partial charge in [0.25, 0.3) is 5.91 Å². The normalized spacial score (nSPS) is 11.4. The molecule has 0 spiro atoms. The van der Waals surface area contributed by atoms with Crippen molar-refractivity contribution in [2.24, 2.45) is 0 Å². The van der Waals surface area contributed by atoms with E-state index in [4.69, 9.17) is 5.11 Å². The van der Waals surface area contributed by atoms with Gasteiger partial charge in [-0.25, -0.2) is 14.8 Å². The van der Waals surface area contributed by atoms with Crippen molar-refractivity contribution in [1.82, 2.24) is 19.9 Å². The van der Waals surface area contributed by atoms with Crippen LogP contribution in [0.5, 0.6) is 0 Å². The van der Waals surface area contributed by atoms with Gasteiger partial charge >= 0.3 is 5.97 Å². The van der Waals surface area contributed by atoms with Crippen LogP contribution in [0.2, 0.25) is 0 Å². The summed E-state index contributed by atoms with van der Waals surface area (Å²) in [6.45, 7) is 6.96. The summed E-state index contributed by atoms with van der Waals surface area (Å²) in [5.41, 5.74) is 0.320. The van der Waals surface area contributed by atoms with Crippen molar-refractivity contribution < 1.29 is 14.7 Å². The lowest BCUT2D eigenvalue weighted by Gasteiger charge is -2.13. The second kappa shape index (κ2) is 6.27. The molecular formula is C14H18N4O3S. The zero-order valence-corrected chi connectivity index (χ0v) is 13.5. The molecule has 0 aliphatic heterocycles. The van der Waals surface area contributed by atoms with Crippen LogP contribution in [0.1, 0.15) is 46.8 Å². The van der Waals surface area contributed by atoms with Gasteiger partial charge in [-0.05, 0) is 0 Å². The van der Waals surface area contributed by atoms with Gasteiger partial charge < -0.3 is 15.0 Å². The van der Waals surface area contributed by atoms with Gasteiger partial charge in [0.15, 0.2) is 5.69 Å². The first kappa shape index (κ1) is 16.2. The Morgan fingerprint density at radius 3 is 2.64 bits per heavy atom. The largest absolute Gasteiger partial charge is 0.476 e. The average Bonchev–Trinajstić information content (AvgIpc) is 3.07. The molecule has 22 heavy (non-hydrogen) atoms. The molecule has 118 valence electrons. The molecule has 8 heteroatoms. The molecule has 7 nitrogen and oxygen atoms in total. The van der Waals surface area contributed by atoms with Gasteiger partial charge in [-0.3, -0.25) is 4.79 Å². The molecule has 0 fully saturated rings. The lowest BCUT2D eigenvalue weighted by atomic mass is 9.98. The van der Waals surface area contributed by atoms with Crippen LogP contribution < -0.4 is 5.32 Å². The molecular weight excluding hydrogens is 304 g/mol. The number of imidazole rings is 1. The fourth-order valence-corrected chi connectivity index (χ4v) is 2.59. The van der Waals surface area contributed by atoms with Crippen LogP contribution in [0.25, 0.3) is 0 Å². The Kier molecular flexibility index (Phi) is 4.60. The van der Waals surface area contributed by atoms with E-state index in [1.54, 1.807) is 9.95 Å². The fraction of sp³-hybridized carbons (Fsp3) is 0.429. The number of aromatic carboxylic acids is 1. The van der Waals surface area contributed by atoms with E-state index >= 15 is 0 Å². The summed E-state index contributed by atoms with van der Waals surface area (Å²) in [5.74, 6) is -1.30. The molecule has 2 heterocycles. The standard InChI is InChI=1S/C14H18N4O3S/c1-14(2,3)13-17-10(7-22-13)11(19)15-4-5-18-6-9(12(20)21)16-8-18/h6-8H,4-5H2,1-3H3,(H,15,19)(H,20,21). The van der Waals surface area contributed by atoms with E-state index in [1.165, 1.54) is 23.9 Å². The van der Waals surface area contributed by atoms with Crippen molar-refractivity contribution in [3.05, 3.63) is 34.3 Å². The topological polar surface area (TPSA) is 97.1 Å². The summed E-state index contributed by atoms with van der Waals surface area (Å²) in [6, 6.07) is 0. The molecule has 2 rings (SSSR count). The van der Waals surface area contributed by atoms with E-state index in [2.05, 4.69) is 15.3 Å². The summed E-state index contributed by atoms with van der Waals surface area (Å²) in [7, 11) is 0. The third-order valence-corrected chi connectivity index (χ3v) is 4.15. The number of amides is 1. The number of carbonyl (C=O) groups is 2. The molecule has 0 saturated carbocycles. The molecule has 0 unspecified atom stereocenters. The minimum Gasteiger partial charge on any atom is -0.476 e. The van der Waals surface area contributed by atoms with Crippen LogP contribution in [0.15, 0.2) is 17.9 Å². The fourth-order valence-electron chi connectivity index (χ4n) is 1.70. The molecule has 0 aliphatic rings. The predicted molar refractivity (Wildman–Crippen MR) is 82.3 cm³/mol. The zero-order valence-electron chi connectivity index (χ0n) is 12.7. The van der Waals surface area contributed by atoms with Crippen molar-refractivity contribution in [3.63, 3.8) is 0 Å². The summed E-state index contributed by atoms with van der Waals surface area (Å²) in [4.78, 5) is 30.8. The number of hydrogen-bond donors (Lipinski definition) is 2. The zero-order chi connectivity index (χ0) is 16.3. The van der Waals surface area contributed by atoms with Crippen LogP contribution in [0.4, 0.5) is 0 Å². The lowest BCUT2D eigenvalue weighted by molar-refractivity contribution is 0.0690. The quantitative estimate of drug-likeness (QED) is 0.874. The number of carboxylic acids is 1. The van der Waals surface area contributed by atoms with Crippen LogP contribution in [0.3, 0.4) is 0 Å².